The molecule has 0 spiro atoms. The van der Waals surface area contributed by atoms with Crippen molar-refractivity contribution in [3.05, 3.63) is 0 Å². The van der Waals surface area contributed by atoms with E-state index in [-0.39, 0.29) is 29.6 Å². The van der Waals surface area contributed by atoms with Gasteiger partial charge < -0.3 is 14.6 Å². The van der Waals surface area contributed by atoms with Crippen LogP contribution in [-0.2, 0) is 14.3 Å². The Kier molecular flexibility index (Phi) is 3.49. The van der Waals surface area contributed by atoms with Crippen LogP contribution in [0.1, 0.15) is 6.92 Å². The van der Waals surface area contributed by atoms with Gasteiger partial charge in [-0.05, 0) is 0 Å². The monoisotopic (exact) mass is 238 g/mol. The zero-order valence-electron chi connectivity index (χ0n) is 6.70. The molecule has 0 aromatic carbocycles. The summed E-state index contributed by atoms with van der Waals surface area (Å²) in [7, 11) is 0. The van der Waals surface area contributed by atoms with Crippen molar-refractivity contribution in [2.45, 2.75) is 24.0 Å². The Balaban J connectivity index is 2.43. The van der Waals surface area contributed by atoms with Crippen LogP contribution in [0.5, 0.6) is 0 Å². The van der Waals surface area contributed by atoms with Crippen molar-refractivity contribution in [3.8, 4) is 0 Å². The molecule has 0 aromatic heterocycles. The summed E-state index contributed by atoms with van der Waals surface area (Å²) in [5.41, 5.74) is 0. The third-order valence-corrected chi connectivity index (χ3v) is 2.86. The molecule has 0 amide bonds. The maximum absolute atomic E-state index is 10.6. The largest absolute Gasteiger partial charge is 0.459 e. The molecule has 1 saturated heterocycles. The summed E-state index contributed by atoms with van der Waals surface area (Å²) in [5.74, 6) is -0.327. The summed E-state index contributed by atoms with van der Waals surface area (Å²) in [6.07, 6.45) is -0.547. The van der Waals surface area contributed by atoms with Crippen molar-refractivity contribution < 1.29 is 19.4 Å². The van der Waals surface area contributed by atoms with Gasteiger partial charge in [-0.2, -0.15) is 0 Å². The number of carbonyl (C=O) groups excluding carboxylic acids is 1. The van der Waals surface area contributed by atoms with Gasteiger partial charge in [0.2, 0.25) is 0 Å². The van der Waals surface area contributed by atoms with Gasteiger partial charge >= 0.3 is 5.97 Å². The summed E-state index contributed by atoms with van der Waals surface area (Å²) >= 11 is 3.30. The second kappa shape index (κ2) is 4.20. The lowest BCUT2D eigenvalue weighted by atomic mass is 10.2. The fraction of sp³-hybridized carbons (Fsp3) is 0.857. The van der Waals surface area contributed by atoms with Gasteiger partial charge in [-0.1, -0.05) is 15.9 Å². The van der Waals surface area contributed by atoms with Crippen molar-refractivity contribution in [1.29, 1.82) is 0 Å². The highest BCUT2D eigenvalue weighted by Gasteiger charge is 2.36. The Morgan fingerprint density at radius 3 is 2.92 bits per heavy atom. The van der Waals surface area contributed by atoms with Crippen LogP contribution in [0.2, 0.25) is 0 Å². The van der Waals surface area contributed by atoms with Crippen molar-refractivity contribution in [2.75, 3.05) is 13.2 Å². The topological polar surface area (TPSA) is 55.8 Å². The standard InChI is InChI=1S/C7H11BrO4/c1-4(10)12-6-3-11-5(2-9)7(6)8/h5-7,9H,2-3H2,1H3/t5-,6+,7+/m1/s1. The molecule has 1 aliphatic rings. The van der Waals surface area contributed by atoms with Gasteiger partial charge in [0.05, 0.1) is 24.1 Å². The van der Waals surface area contributed by atoms with Gasteiger partial charge in [-0.15, -0.1) is 0 Å². The van der Waals surface area contributed by atoms with Crippen LogP contribution < -0.4 is 0 Å². The first kappa shape index (κ1) is 9.95. The number of hydrogen-bond donors (Lipinski definition) is 1. The quantitative estimate of drug-likeness (QED) is 0.547. The Labute approximate surface area is 79.0 Å². The Hall–Kier alpha value is -0.130. The van der Waals surface area contributed by atoms with Crippen LogP contribution in [0.25, 0.3) is 0 Å². The molecular weight excluding hydrogens is 228 g/mol. The van der Waals surface area contributed by atoms with Crippen LogP contribution in [0.15, 0.2) is 0 Å². The number of alkyl halides is 1. The van der Waals surface area contributed by atoms with Crippen LogP contribution in [0.3, 0.4) is 0 Å². The number of ether oxygens (including phenoxy) is 2. The Morgan fingerprint density at radius 2 is 2.50 bits per heavy atom. The lowest BCUT2D eigenvalue weighted by molar-refractivity contribution is -0.145. The number of halogens is 1. The van der Waals surface area contributed by atoms with E-state index in [0.29, 0.717) is 6.61 Å². The maximum atomic E-state index is 10.6. The van der Waals surface area contributed by atoms with Crippen LogP contribution in [0.4, 0.5) is 0 Å². The summed E-state index contributed by atoms with van der Waals surface area (Å²) in [6.45, 7) is 1.64. The van der Waals surface area contributed by atoms with E-state index >= 15 is 0 Å². The highest BCUT2D eigenvalue weighted by molar-refractivity contribution is 9.09. The summed E-state index contributed by atoms with van der Waals surface area (Å²) in [6, 6.07) is 0. The minimum atomic E-state index is -0.327. The Bertz CT molecular complexity index is 173. The molecule has 0 aromatic rings. The number of aliphatic hydroxyl groups excluding tert-OH is 1. The third kappa shape index (κ3) is 2.18. The van der Waals surface area contributed by atoms with Crippen molar-refractivity contribution in [3.63, 3.8) is 0 Å². The van der Waals surface area contributed by atoms with Gasteiger partial charge in [-0.25, -0.2) is 0 Å². The number of rotatable bonds is 2. The predicted molar refractivity (Wildman–Crippen MR) is 45.1 cm³/mol. The highest BCUT2D eigenvalue weighted by Crippen LogP contribution is 2.23. The fourth-order valence-electron chi connectivity index (χ4n) is 1.11. The van der Waals surface area contributed by atoms with Crippen molar-refractivity contribution in [2.24, 2.45) is 0 Å². The van der Waals surface area contributed by atoms with Crippen LogP contribution in [-0.4, -0.2) is 41.3 Å². The van der Waals surface area contributed by atoms with E-state index < -0.39 is 0 Å². The molecule has 0 unspecified atom stereocenters. The molecule has 0 bridgehead atoms. The molecule has 12 heavy (non-hydrogen) atoms. The second-order valence-corrected chi connectivity index (χ2v) is 3.70. The van der Waals surface area contributed by atoms with Gasteiger partial charge in [-0.3, -0.25) is 4.79 Å². The summed E-state index contributed by atoms with van der Waals surface area (Å²) in [5, 5.41) is 8.79. The molecular formula is C7H11BrO4. The van der Waals surface area contributed by atoms with Gasteiger partial charge in [0.15, 0.2) is 0 Å². The van der Waals surface area contributed by atoms with E-state index in [1.165, 1.54) is 6.92 Å². The maximum Gasteiger partial charge on any atom is 0.303 e. The molecule has 1 rings (SSSR count). The number of carbonyl (C=O) groups is 1. The third-order valence-electron chi connectivity index (χ3n) is 1.68. The first-order chi connectivity index (χ1) is 5.65. The molecule has 1 fully saturated rings. The fourth-order valence-corrected chi connectivity index (χ4v) is 1.69. The number of esters is 1. The van der Waals surface area contributed by atoms with Gasteiger partial charge in [0.25, 0.3) is 0 Å². The van der Waals surface area contributed by atoms with Crippen molar-refractivity contribution >= 4 is 21.9 Å². The van der Waals surface area contributed by atoms with E-state index in [4.69, 9.17) is 14.6 Å². The van der Waals surface area contributed by atoms with Gasteiger partial charge in [0, 0.05) is 6.92 Å². The minimum absolute atomic E-state index is 0.0618. The molecule has 4 nitrogen and oxygen atoms in total. The first-order valence-electron chi connectivity index (χ1n) is 3.69. The van der Waals surface area contributed by atoms with E-state index in [1.54, 1.807) is 0 Å². The Morgan fingerprint density at radius 1 is 1.83 bits per heavy atom. The molecule has 1 N–H and O–H groups in total. The molecule has 0 saturated carbocycles. The summed E-state index contributed by atoms with van der Waals surface area (Å²) < 4.78 is 10.1. The van der Waals surface area contributed by atoms with Crippen LogP contribution >= 0.6 is 15.9 Å². The van der Waals surface area contributed by atoms with E-state index in [9.17, 15) is 4.79 Å². The number of aliphatic hydroxyl groups is 1. The summed E-state index contributed by atoms with van der Waals surface area (Å²) in [4.78, 5) is 10.5. The van der Waals surface area contributed by atoms with E-state index in [2.05, 4.69) is 15.9 Å². The molecule has 0 aliphatic carbocycles. The predicted octanol–water partition coefficient (Wildman–Crippen LogP) is 0.0727. The average Bonchev–Trinajstić information content (AvgIpc) is 2.32. The molecule has 1 heterocycles. The average molecular weight is 239 g/mol. The smallest absolute Gasteiger partial charge is 0.303 e. The second-order valence-electron chi connectivity index (χ2n) is 2.65. The zero-order chi connectivity index (χ0) is 9.14. The zero-order valence-corrected chi connectivity index (χ0v) is 8.28. The molecule has 70 valence electrons. The molecule has 0 radical (unpaired) electrons. The van der Waals surface area contributed by atoms with E-state index in [1.807, 2.05) is 0 Å². The normalized spacial score (nSPS) is 35.1. The van der Waals surface area contributed by atoms with Crippen molar-refractivity contribution in [1.82, 2.24) is 0 Å². The first-order valence-corrected chi connectivity index (χ1v) is 4.60. The lowest BCUT2D eigenvalue weighted by Gasteiger charge is -2.14. The SMILES string of the molecule is CC(=O)O[C@H]1CO[C@H](CO)[C@@H]1Br. The van der Waals surface area contributed by atoms with Crippen LogP contribution in [0, 0.1) is 0 Å². The minimum Gasteiger partial charge on any atom is -0.459 e. The molecule has 3 atom stereocenters. The molecule has 5 heteroatoms. The number of hydrogen-bond acceptors (Lipinski definition) is 4. The molecule has 1 aliphatic heterocycles. The highest BCUT2D eigenvalue weighted by atomic mass is 79.9. The van der Waals surface area contributed by atoms with Gasteiger partial charge in [0.1, 0.15) is 6.10 Å². The van der Waals surface area contributed by atoms with E-state index in [0.717, 1.165) is 0 Å². The lowest BCUT2D eigenvalue weighted by Crippen LogP contribution is -2.30.